The zero-order valence-electron chi connectivity index (χ0n) is 16.6. The highest BCUT2D eigenvalue weighted by molar-refractivity contribution is 5.68. The second-order valence-corrected chi connectivity index (χ2v) is 7.90. The molecular weight excluding hydrogens is 312 g/mol. The Balaban J connectivity index is 2.48. The monoisotopic (exact) mass is 346 g/mol. The molecule has 140 valence electrons. The normalized spacial score (nSPS) is 20.8. The lowest BCUT2D eigenvalue weighted by Crippen LogP contribution is -2.27. The van der Waals surface area contributed by atoms with Crippen LogP contribution in [0.4, 0.5) is 0 Å². The smallest absolute Gasteiger partial charge is 0.302 e. The number of esters is 1. The van der Waals surface area contributed by atoms with E-state index in [1.54, 1.807) is 5.57 Å². The Kier molecular flexibility index (Phi) is 8.88. The van der Waals surface area contributed by atoms with Gasteiger partial charge in [0.2, 0.25) is 0 Å². The molecule has 0 fully saturated rings. The van der Waals surface area contributed by atoms with Gasteiger partial charge in [-0.05, 0) is 75.4 Å². The molecule has 0 saturated carbocycles. The van der Waals surface area contributed by atoms with Gasteiger partial charge in [0.1, 0.15) is 12.9 Å². The first-order valence-electron chi connectivity index (χ1n) is 9.35. The first-order chi connectivity index (χ1) is 11.8. The molecule has 25 heavy (non-hydrogen) atoms. The Morgan fingerprint density at radius 2 is 2.04 bits per heavy atom. The fourth-order valence-corrected chi connectivity index (χ4v) is 3.70. The fraction of sp³-hybridized carbons (Fsp3) is 0.636. The minimum atomic E-state index is -0.318. The average Bonchev–Trinajstić information content (AvgIpc) is 2.51. The van der Waals surface area contributed by atoms with Gasteiger partial charge in [0, 0.05) is 6.92 Å². The number of allylic oxidation sites excluding steroid dienone is 5. The minimum absolute atomic E-state index is 0.210. The lowest BCUT2D eigenvalue weighted by molar-refractivity contribution is -0.140. The maximum atomic E-state index is 10.9. The summed E-state index contributed by atoms with van der Waals surface area (Å²) in [5.41, 5.74) is 4.19. The summed E-state index contributed by atoms with van der Waals surface area (Å²) in [6.07, 6.45) is 13.3. The van der Waals surface area contributed by atoms with Crippen LogP contribution in [-0.2, 0) is 14.3 Å². The van der Waals surface area contributed by atoms with E-state index in [0.29, 0.717) is 11.3 Å². The number of carbonyl (C=O) groups is 2. The molecule has 3 nitrogen and oxygen atoms in total. The average molecular weight is 347 g/mol. The van der Waals surface area contributed by atoms with Crippen molar-refractivity contribution in [3.63, 3.8) is 0 Å². The molecule has 0 aromatic carbocycles. The molecule has 0 bridgehead atoms. The van der Waals surface area contributed by atoms with E-state index >= 15 is 0 Å². The van der Waals surface area contributed by atoms with Gasteiger partial charge in [-0.15, -0.1) is 0 Å². The second-order valence-electron chi connectivity index (χ2n) is 7.90. The largest absolute Gasteiger partial charge is 0.461 e. The Morgan fingerprint density at radius 3 is 2.64 bits per heavy atom. The number of carbonyl (C=O) groups excluding carboxylic acids is 2. The van der Waals surface area contributed by atoms with E-state index in [4.69, 9.17) is 4.74 Å². The SMILES string of the molecule is CC(=O)OCC(=CC=O)CCC=C(C)CCC1C(C)=CCCC1(C)C. The third kappa shape index (κ3) is 7.85. The van der Waals surface area contributed by atoms with Gasteiger partial charge in [0.25, 0.3) is 0 Å². The molecule has 1 unspecified atom stereocenters. The van der Waals surface area contributed by atoms with E-state index in [9.17, 15) is 9.59 Å². The minimum Gasteiger partial charge on any atom is -0.461 e. The van der Waals surface area contributed by atoms with E-state index in [1.807, 2.05) is 0 Å². The molecule has 1 rings (SSSR count). The van der Waals surface area contributed by atoms with Gasteiger partial charge >= 0.3 is 5.97 Å². The van der Waals surface area contributed by atoms with Crippen LogP contribution in [-0.4, -0.2) is 18.9 Å². The predicted octanol–water partition coefficient (Wildman–Crippen LogP) is 5.56. The van der Waals surface area contributed by atoms with Gasteiger partial charge in [-0.25, -0.2) is 0 Å². The van der Waals surface area contributed by atoms with E-state index in [2.05, 4.69) is 39.8 Å². The van der Waals surface area contributed by atoms with Crippen molar-refractivity contribution in [2.24, 2.45) is 11.3 Å². The first kappa shape index (κ1) is 21.4. The molecule has 0 aliphatic heterocycles. The predicted molar refractivity (Wildman–Crippen MR) is 103 cm³/mol. The molecule has 1 aliphatic carbocycles. The summed E-state index contributed by atoms with van der Waals surface area (Å²) in [6.45, 7) is 10.8. The van der Waals surface area contributed by atoms with E-state index < -0.39 is 0 Å². The second kappa shape index (κ2) is 10.4. The van der Waals surface area contributed by atoms with Gasteiger partial charge < -0.3 is 4.74 Å². The quantitative estimate of drug-likeness (QED) is 0.237. The maximum absolute atomic E-state index is 10.9. The van der Waals surface area contributed by atoms with Crippen molar-refractivity contribution in [1.82, 2.24) is 0 Å². The third-order valence-corrected chi connectivity index (χ3v) is 5.30. The Morgan fingerprint density at radius 1 is 1.32 bits per heavy atom. The lowest BCUT2D eigenvalue weighted by atomic mass is 9.67. The van der Waals surface area contributed by atoms with Crippen LogP contribution in [0.15, 0.2) is 34.9 Å². The molecule has 0 radical (unpaired) electrons. The summed E-state index contributed by atoms with van der Waals surface area (Å²) in [5, 5.41) is 0. The van der Waals surface area contributed by atoms with Crippen molar-refractivity contribution in [3.8, 4) is 0 Å². The topological polar surface area (TPSA) is 43.4 Å². The van der Waals surface area contributed by atoms with Crippen molar-refractivity contribution in [3.05, 3.63) is 34.9 Å². The number of ether oxygens (including phenoxy) is 1. The summed E-state index contributed by atoms with van der Waals surface area (Å²) in [5.74, 6) is 0.348. The molecule has 0 spiro atoms. The van der Waals surface area contributed by atoms with Crippen LogP contribution in [0, 0.1) is 11.3 Å². The van der Waals surface area contributed by atoms with Crippen molar-refractivity contribution in [2.75, 3.05) is 6.61 Å². The zero-order chi connectivity index (χ0) is 18.9. The molecule has 1 aliphatic rings. The van der Waals surface area contributed by atoms with Gasteiger partial charge in [0.15, 0.2) is 0 Å². The summed E-state index contributed by atoms with van der Waals surface area (Å²) >= 11 is 0. The third-order valence-electron chi connectivity index (χ3n) is 5.30. The van der Waals surface area contributed by atoms with Crippen LogP contribution < -0.4 is 0 Å². The van der Waals surface area contributed by atoms with E-state index in [1.165, 1.54) is 37.8 Å². The highest BCUT2D eigenvalue weighted by Crippen LogP contribution is 2.43. The summed E-state index contributed by atoms with van der Waals surface area (Å²) in [7, 11) is 0. The molecule has 3 heteroatoms. The summed E-state index contributed by atoms with van der Waals surface area (Å²) in [6, 6.07) is 0. The summed E-state index contributed by atoms with van der Waals surface area (Å²) < 4.78 is 4.98. The van der Waals surface area contributed by atoms with E-state index in [0.717, 1.165) is 31.1 Å². The van der Waals surface area contributed by atoms with Crippen molar-refractivity contribution >= 4 is 12.3 Å². The molecule has 0 amide bonds. The van der Waals surface area contributed by atoms with Crippen LogP contribution in [0.25, 0.3) is 0 Å². The Labute approximate surface area is 153 Å². The Bertz CT molecular complexity index is 550. The van der Waals surface area contributed by atoms with Gasteiger partial charge in [0.05, 0.1) is 0 Å². The van der Waals surface area contributed by atoms with Crippen LogP contribution in [0.3, 0.4) is 0 Å². The summed E-state index contributed by atoms with van der Waals surface area (Å²) in [4.78, 5) is 21.6. The molecule has 0 saturated heterocycles. The van der Waals surface area contributed by atoms with Gasteiger partial charge in [-0.2, -0.15) is 0 Å². The Hall–Kier alpha value is -1.64. The number of rotatable bonds is 9. The molecule has 0 N–H and O–H groups in total. The van der Waals surface area contributed by atoms with Crippen LogP contribution in [0.5, 0.6) is 0 Å². The number of hydrogen-bond acceptors (Lipinski definition) is 3. The molecule has 0 aromatic heterocycles. The van der Waals surface area contributed by atoms with Crippen molar-refractivity contribution in [1.29, 1.82) is 0 Å². The first-order valence-corrected chi connectivity index (χ1v) is 9.35. The highest BCUT2D eigenvalue weighted by atomic mass is 16.5. The van der Waals surface area contributed by atoms with E-state index in [-0.39, 0.29) is 12.6 Å². The fourth-order valence-electron chi connectivity index (χ4n) is 3.70. The molecule has 0 aromatic rings. The van der Waals surface area contributed by atoms with Gasteiger partial charge in [-0.1, -0.05) is 37.1 Å². The number of aldehydes is 1. The maximum Gasteiger partial charge on any atom is 0.302 e. The lowest BCUT2D eigenvalue weighted by Gasteiger charge is -2.38. The van der Waals surface area contributed by atoms with Crippen molar-refractivity contribution < 1.29 is 14.3 Å². The molecule has 1 atom stereocenters. The number of hydrogen-bond donors (Lipinski definition) is 0. The molecule has 0 heterocycles. The van der Waals surface area contributed by atoms with Crippen LogP contribution in [0.1, 0.15) is 73.1 Å². The van der Waals surface area contributed by atoms with Crippen LogP contribution >= 0.6 is 0 Å². The molecular formula is C22H34O3. The van der Waals surface area contributed by atoms with Gasteiger partial charge in [-0.3, -0.25) is 9.59 Å². The standard InChI is InChI=1S/C22H34O3/c1-17(8-6-10-20(13-15-23)16-25-19(3)24)11-12-21-18(2)9-7-14-22(21,4)5/h8-9,13,15,21H,6-7,10-12,14,16H2,1-5H3. The van der Waals surface area contributed by atoms with Crippen molar-refractivity contribution in [2.45, 2.75) is 73.1 Å². The zero-order valence-corrected chi connectivity index (χ0v) is 16.6. The highest BCUT2D eigenvalue weighted by Gasteiger charge is 2.32. The van der Waals surface area contributed by atoms with Crippen LogP contribution in [0.2, 0.25) is 0 Å².